The second-order valence-corrected chi connectivity index (χ2v) is 2.29. The Morgan fingerprint density at radius 3 is 1.83 bits per heavy atom. The summed E-state index contributed by atoms with van der Waals surface area (Å²) >= 11 is 0. The number of rotatable bonds is 1. The van der Waals surface area contributed by atoms with Crippen molar-refractivity contribution in [3.8, 4) is 0 Å². The summed E-state index contributed by atoms with van der Waals surface area (Å²) in [5, 5.41) is 19.9. The van der Waals surface area contributed by atoms with Crippen molar-refractivity contribution in [3.05, 3.63) is 46.0 Å². The van der Waals surface area contributed by atoms with Crippen molar-refractivity contribution in [1.29, 1.82) is 0 Å². The molecule has 1 rings (SSSR count). The first-order chi connectivity index (χ1) is 8.57. The minimum Gasteiger partial charge on any atom is -0.409 e. The summed E-state index contributed by atoms with van der Waals surface area (Å²) in [5.41, 5.74) is 6.02. The van der Waals surface area contributed by atoms with E-state index in [4.69, 9.17) is 21.1 Å². The van der Waals surface area contributed by atoms with Crippen LogP contribution in [0.3, 0.4) is 0 Å². The smallest absolute Gasteiger partial charge is 0.194 e. The van der Waals surface area contributed by atoms with Gasteiger partial charge in [0.05, 0.1) is 0 Å². The molecule has 0 aromatic heterocycles. The van der Waals surface area contributed by atoms with E-state index in [2.05, 4.69) is 5.16 Å². The summed E-state index contributed by atoms with van der Waals surface area (Å²) in [7, 11) is 0.889. The molecule has 18 heavy (non-hydrogen) atoms. The molecule has 0 aliphatic rings. The average molecular weight is 257 g/mol. The van der Waals surface area contributed by atoms with Gasteiger partial charge in [0.25, 0.3) is 0 Å². The van der Waals surface area contributed by atoms with Gasteiger partial charge in [-0.2, -0.15) is 0 Å². The van der Waals surface area contributed by atoms with E-state index in [1.807, 2.05) is 45.9 Å². The van der Waals surface area contributed by atoms with Gasteiger partial charge < -0.3 is 10.9 Å². The molecular formula is C12H23N3O3. The van der Waals surface area contributed by atoms with Crippen molar-refractivity contribution < 1.29 is 10.1 Å². The third-order valence-corrected chi connectivity index (χ3v) is 1.18. The van der Waals surface area contributed by atoms with E-state index < -0.39 is 4.92 Å². The number of nitro groups is 1. The van der Waals surface area contributed by atoms with Crippen molar-refractivity contribution >= 4 is 5.84 Å². The Morgan fingerprint density at radius 2 is 1.56 bits per heavy atom. The molecule has 0 amide bonds. The van der Waals surface area contributed by atoms with Crippen LogP contribution < -0.4 is 5.73 Å². The molecule has 0 aliphatic carbocycles. The van der Waals surface area contributed by atoms with Crippen LogP contribution in [0.25, 0.3) is 0 Å². The summed E-state index contributed by atoms with van der Waals surface area (Å²) in [6.07, 6.45) is 0. The Hall–Kier alpha value is -2.11. The Morgan fingerprint density at radius 1 is 1.22 bits per heavy atom. The van der Waals surface area contributed by atoms with Crippen molar-refractivity contribution in [2.24, 2.45) is 10.9 Å². The van der Waals surface area contributed by atoms with Crippen molar-refractivity contribution in [1.82, 2.24) is 0 Å². The molecule has 0 fully saturated rings. The van der Waals surface area contributed by atoms with E-state index in [0.717, 1.165) is 12.6 Å². The van der Waals surface area contributed by atoms with Crippen LogP contribution in [0.15, 0.2) is 35.5 Å². The summed E-state index contributed by atoms with van der Waals surface area (Å²) in [6, 6.07) is 9.07. The Kier molecular flexibility index (Phi) is 20.4. The zero-order valence-corrected chi connectivity index (χ0v) is 11.6. The van der Waals surface area contributed by atoms with Gasteiger partial charge >= 0.3 is 0 Å². The molecule has 104 valence electrons. The monoisotopic (exact) mass is 257 g/mol. The topological polar surface area (TPSA) is 102 Å². The SMILES string of the molecule is CC.CC.C[N+](=O)[O-].N/C(=N/O)c1ccccc1. The molecule has 0 unspecified atom stereocenters. The van der Waals surface area contributed by atoms with Gasteiger partial charge in [-0.15, -0.1) is 0 Å². The van der Waals surface area contributed by atoms with E-state index in [1.165, 1.54) is 0 Å². The van der Waals surface area contributed by atoms with Crippen LogP contribution in [0.1, 0.15) is 33.3 Å². The van der Waals surface area contributed by atoms with Crippen LogP contribution >= 0.6 is 0 Å². The third kappa shape index (κ3) is 16.3. The second kappa shape index (κ2) is 17.3. The average Bonchev–Trinajstić information content (AvgIpc) is 2.43. The van der Waals surface area contributed by atoms with Crippen LogP contribution in [0, 0.1) is 10.1 Å². The maximum absolute atomic E-state index is 8.81. The van der Waals surface area contributed by atoms with Gasteiger partial charge in [0.1, 0.15) is 0 Å². The molecule has 1 aromatic rings. The zero-order valence-electron chi connectivity index (χ0n) is 11.6. The predicted molar refractivity (Wildman–Crippen MR) is 74.6 cm³/mol. The highest BCUT2D eigenvalue weighted by Crippen LogP contribution is 1.96. The molecule has 6 nitrogen and oxygen atoms in total. The van der Waals surface area contributed by atoms with Crippen molar-refractivity contribution in [3.63, 3.8) is 0 Å². The first kappa shape index (κ1) is 21.2. The van der Waals surface area contributed by atoms with Gasteiger partial charge in [-0.3, -0.25) is 10.1 Å². The fraction of sp³-hybridized carbons (Fsp3) is 0.417. The Bertz CT molecular complexity index is 310. The molecule has 0 bridgehead atoms. The number of hydrogen-bond acceptors (Lipinski definition) is 4. The van der Waals surface area contributed by atoms with Gasteiger partial charge in [0.2, 0.25) is 0 Å². The molecule has 0 atom stereocenters. The summed E-state index contributed by atoms with van der Waals surface area (Å²) in [5.74, 6) is 0.139. The maximum Gasteiger partial charge on any atom is 0.194 e. The zero-order chi connectivity index (χ0) is 15.0. The van der Waals surface area contributed by atoms with E-state index in [9.17, 15) is 0 Å². The fourth-order valence-electron chi connectivity index (χ4n) is 0.667. The lowest BCUT2D eigenvalue weighted by Gasteiger charge is -1.94. The molecule has 0 radical (unpaired) electrons. The molecule has 0 saturated heterocycles. The molecule has 0 aliphatic heterocycles. The normalized spacial score (nSPS) is 8.39. The highest BCUT2D eigenvalue weighted by Gasteiger charge is 1.93. The van der Waals surface area contributed by atoms with E-state index in [-0.39, 0.29) is 5.84 Å². The van der Waals surface area contributed by atoms with Crippen LogP contribution in [-0.4, -0.2) is 23.0 Å². The molecule has 1 aromatic carbocycles. The van der Waals surface area contributed by atoms with Gasteiger partial charge in [-0.05, 0) is 0 Å². The summed E-state index contributed by atoms with van der Waals surface area (Å²) in [4.78, 5) is 8.31. The number of amidine groups is 1. The van der Waals surface area contributed by atoms with Crippen LogP contribution in [0.5, 0.6) is 0 Å². The Labute approximate surface area is 108 Å². The number of nitrogens with zero attached hydrogens (tertiary/aromatic N) is 2. The van der Waals surface area contributed by atoms with Crippen LogP contribution in [0.2, 0.25) is 0 Å². The molecule has 0 saturated carbocycles. The second-order valence-electron chi connectivity index (χ2n) is 2.29. The minimum atomic E-state index is -0.500. The van der Waals surface area contributed by atoms with E-state index >= 15 is 0 Å². The highest BCUT2D eigenvalue weighted by molar-refractivity contribution is 5.96. The van der Waals surface area contributed by atoms with Gasteiger partial charge in [0.15, 0.2) is 12.9 Å². The highest BCUT2D eigenvalue weighted by atomic mass is 16.6. The summed E-state index contributed by atoms with van der Waals surface area (Å²) in [6.45, 7) is 8.00. The largest absolute Gasteiger partial charge is 0.409 e. The molecule has 6 heteroatoms. The van der Waals surface area contributed by atoms with Gasteiger partial charge in [-0.25, -0.2) is 0 Å². The lowest BCUT2D eigenvalue weighted by molar-refractivity contribution is -0.445. The molecule has 3 N–H and O–H groups in total. The van der Waals surface area contributed by atoms with Gasteiger partial charge in [-0.1, -0.05) is 63.2 Å². The fourth-order valence-corrected chi connectivity index (χ4v) is 0.667. The lowest BCUT2D eigenvalue weighted by atomic mass is 10.2. The van der Waals surface area contributed by atoms with Crippen molar-refractivity contribution in [2.45, 2.75) is 27.7 Å². The minimum absolute atomic E-state index is 0.139. The maximum atomic E-state index is 8.81. The number of hydrogen-bond donors (Lipinski definition) is 2. The van der Waals surface area contributed by atoms with Crippen molar-refractivity contribution in [2.75, 3.05) is 7.05 Å². The molecule has 0 spiro atoms. The molecule has 0 heterocycles. The van der Waals surface area contributed by atoms with Gasteiger partial charge in [0, 0.05) is 10.5 Å². The predicted octanol–water partition coefficient (Wildman–Crippen LogP) is 2.73. The van der Waals surface area contributed by atoms with E-state index in [1.54, 1.807) is 12.1 Å². The standard InChI is InChI=1S/C7H8N2O.2C2H6.CH3NO2/c8-7(9-10)6-4-2-1-3-5-6;2*1-2;1-2(3)4/h1-5,10H,(H2,8,9);2*1-2H3;1H3. The number of nitrogens with two attached hydrogens (primary N) is 1. The van der Waals surface area contributed by atoms with E-state index in [0.29, 0.717) is 0 Å². The number of oxime groups is 1. The molecular weight excluding hydrogens is 234 g/mol. The van der Waals surface area contributed by atoms with Crippen LogP contribution in [-0.2, 0) is 0 Å². The summed E-state index contributed by atoms with van der Waals surface area (Å²) < 4.78 is 0. The Balaban J connectivity index is -0.000000238. The lowest BCUT2D eigenvalue weighted by Crippen LogP contribution is -2.12. The van der Waals surface area contributed by atoms with Crippen LogP contribution in [0.4, 0.5) is 0 Å². The first-order valence-corrected chi connectivity index (χ1v) is 5.69. The first-order valence-electron chi connectivity index (χ1n) is 5.69. The third-order valence-electron chi connectivity index (χ3n) is 1.18. The quantitative estimate of drug-likeness (QED) is 0.265. The number of benzene rings is 1.